The van der Waals surface area contributed by atoms with Gasteiger partial charge < -0.3 is 20.4 Å². The summed E-state index contributed by atoms with van der Waals surface area (Å²) in [5.74, 6) is 0. The van der Waals surface area contributed by atoms with Gasteiger partial charge in [-0.1, -0.05) is 17.7 Å². The fourth-order valence-electron chi connectivity index (χ4n) is 3.62. The predicted octanol–water partition coefficient (Wildman–Crippen LogP) is 5.84. The zero-order valence-corrected chi connectivity index (χ0v) is 22.0. The molecule has 0 spiro atoms. The van der Waals surface area contributed by atoms with Crippen LogP contribution < -0.4 is 15.5 Å². The van der Waals surface area contributed by atoms with Crippen molar-refractivity contribution >= 4 is 50.6 Å². The lowest BCUT2D eigenvalue weighted by atomic mass is 10.0. The molecule has 0 bridgehead atoms. The minimum Gasteiger partial charge on any atom is -0.373 e. The molecular formula is C24H30BrClN6O. The predicted molar refractivity (Wildman–Crippen MR) is 142 cm³/mol. The summed E-state index contributed by atoms with van der Waals surface area (Å²) < 4.78 is 2.71. The maximum absolute atomic E-state index is 12.9. The lowest BCUT2D eigenvalue weighted by molar-refractivity contribution is 0.262. The third-order valence-electron chi connectivity index (χ3n) is 5.36. The number of rotatable bonds is 8. The number of amides is 2. The van der Waals surface area contributed by atoms with E-state index in [1.54, 1.807) is 12.3 Å². The van der Waals surface area contributed by atoms with Crippen LogP contribution in [-0.2, 0) is 7.05 Å². The number of nitrogens with zero attached hydrogens (tertiary/aromatic N) is 4. The molecule has 7 nitrogen and oxygen atoms in total. The van der Waals surface area contributed by atoms with E-state index in [0.717, 1.165) is 46.5 Å². The van der Waals surface area contributed by atoms with E-state index >= 15 is 0 Å². The van der Waals surface area contributed by atoms with E-state index in [-0.39, 0.29) is 6.03 Å². The number of nitrogens with one attached hydrogen (secondary N) is 2. The van der Waals surface area contributed by atoms with E-state index in [4.69, 9.17) is 11.6 Å². The quantitative estimate of drug-likeness (QED) is 0.382. The number of halogens is 2. The average molecular weight is 534 g/mol. The van der Waals surface area contributed by atoms with Crippen molar-refractivity contribution in [3.63, 3.8) is 0 Å². The first-order valence-electron chi connectivity index (χ1n) is 10.7. The molecule has 0 aliphatic carbocycles. The molecule has 0 saturated carbocycles. The minimum atomic E-state index is -0.320. The maximum atomic E-state index is 12.9. The van der Waals surface area contributed by atoms with Crippen LogP contribution in [0.1, 0.15) is 12.0 Å². The molecule has 3 aromatic rings. The van der Waals surface area contributed by atoms with E-state index in [1.807, 2.05) is 56.0 Å². The third-order valence-corrected chi connectivity index (χ3v) is 6.18. The number of aromatic nitrogens is 2. The molecule has 2 aromatic carbocycles. The Balaban J connectivity index is 1.76. The highest BCUT2D eigenvalue weighted by Gasteiger charge is 2.15. The molecule has 1 heterocycles. The largest absolute Gasteiger partial charge is 0.373 e. The van der Waals surface area contributed by atoms with Crippen molar-refractivity contribution in [3.8, 4) is 11.3 Å². The van der Waals surface area contributed by atoms with Crippen molar-refractivity contribution in [1.82, 2.24) is 14.7 Å². The lowest BCUT2D eigenvalue weighted by Gasteiger charge is -2.24. The van der Waals surface area contributed by atoms with E-state index in [2.05, 4.69) is 55.6 Å². The smallest absolute Gasteiger partial charge is 0.323 e. The van der Waals surface area contributed by atoms with E-state index in [1.165, 1.54) is 0 Å². The van der Waals surface area contributed by atoms with Gasteiger partial charge in [0.15, 0.2) is 0 Å². The van der Waals surface area contributed by atoms with Crippen molar-refractivity contribution in [2.45, 2.75) is 13.3 Å². The van der Waals surface area contributed by atoms with E-state index in [0.29, 0.717) is 16.4 Å². The summed E-state index contributed by atoms with van der Waals surface area (Å²) in [6.07, 6.45) is 2.76. The third kappa shape index (κ3) is 6.50. The maximum Gasteiger partial charge on any atom is 0.323 e. The molecule has 0 aliphatic heterocycles. The average Bonchev–Trinajstić information content (AvgIpc) is 3.08. The first kappa shape index (κ1) is 25.1. The van der Waals surface area contributed by atoms with Crippen LogP contribution >= 0.6 is 27.5 Å². The van der Waals surface area contributed by atoms with Crippen LogP contribution in [0.4, 0.5) is 21.9 Å². The molecule has 9 heteroatoms. The van der Waals surface area contributed by atoms with Crippen molar-refractivity contribution in [2.24, 2.45) is 7.05 Å². The topological polar surface area (TPSA) is 65.4 Å². The Morgan fingerprint density at radius 1 is 1.12 bits per heavy atom. The molecular weight excluding hydrogens is 504 g/mol. The second kappa shape index (κ2) is 11.0. The Bertz CT molecular complexity index is 1110. The molecule has 0 saturated heterocycles. The monoisotopic (exact) mass is 532 g/mol. The Morgan fingerprint density at radius 2 is 1.88 bits per heavy atom. The van der Waals surface area contributed by atoms with Crippen molar-refractivity contribution in [3.05, 3.63) is 57.7 Å². The number of benzene rings is 2. The van der Waals surface area contributed by atoms with Crippen molar-refractivity contribution in [2.75, 3.05) is 49.8 Å². The molecule has 0 atom stereocenters. The van der Waals surface area contributed by atoms with Gasteiger partial charge in [0.2, 0.25) is 0 Å². The summed E-state index contributed by atoms with van der Waals surface area (Å²) in [6.45, 7) is 3.86. The normalized spacial score (nSPS) is 11.0. The van der Waals surface area contributed by atoms with Crippen LogP contribution in [-0.4, -0.2) is 54.9 Å². The summed E-state index contributed by atoms with van der Waals surface area (Å²) in [5.41, 5.74) is 5.30. The van der Waals surface area contributed by atoms with Crippen LogP contribution in [0.25, 0.3) is 11.3 Å². The molecule has 1 aromatic heterocycles. The Morgan fingerprint density at radius 3 is 2.55 bits per heavy atom. The highest BCUT2D eigenvalue weighted by Crippen LogP contribution is 2.32. The molecule has 176 valence electrons. The number of hydrogen-bond acceptors (Lipinski definition) is 4. The van der Waals surface area contributed by atoms with Crippen LogP contribution in [0.3, 0.4) is 0 Å². The summed E-state index contributed by atoms with van der Waals surface area (Å²) in [5, 5.41) is 10.8. The van der Waals surface area contributed by atoms with Crippen LogP contribution in [0, 0.1) is 6.92 Å². The zero-order chi connectivity index (χ0) is 24.1. The highest BCUT2D eigenvalue weighted by molar-refractivity contribution is 9.10. The van der Waals surface area contributed by atoms with Gasteiger partial charge in [0.05, 0.1) is 27.7 Å². The Kier molecular flexibility index (Phi) is 8.40. The number of hydrogen-bond donors (Lipinski definition) is 2. The fourth-order valence-corrected chi connectivity index (χ4v) is 4.35. The Labute approximate surface area is 208 Å². The molecule has 2 amide bonds. The van der Waals surface area contributed by atoms with E-state index in [9.17, 15) is 4.79 Å². The number of urea groups is 1. The number of carbonyl (C=O) groups excluding carboxylic acids is 1. The minimum absolute atomic E-state index is 0.320. The first-order chi connectivity index (χ1) is 15.7. The van der Waals surface area contributed by atoms with Crippen LogP contribution in [0.5, 0.6) is 0 Å². The molecule has 0 fully saturated rings. The second-order valence-electron chi connectivity index (χ2n) is 8.31. The summed E-state index contributed by atoms with van der Waals surface area (Å²) in [6, 6.07) is 11.0. The summed E-state index contributed by atoms with van der Waals surface area (Å²) in [7, 11) is 8.01. The summed E-state index contributed by atoms with van der Waals surface area (Å²) in [4.78, 5) is 17.1. The molecule has 0 aliphatic rings. The molecule has 0 unspecified atom stereocenters. The van der Waals surface area contributed by atoms with Crippen LogP contribution in [0.2, 0.25) is 5.02 Å². The molecule has 33 heavy (non-hydrogen) atoms. The highest BCUT2D eigenvalue weighted by atomic mass is 79.9. The van der Waals surface area contributed by atoms with Gasteiger partial charge in [-0.3, -0.25) is 4.68 Å². The van der Waals surface area contributed by atoms with Gasteiger partial charge in [-0.25, -0.2) is 4.79 Å². The van der Waals surface area contributed by atoms with Gasteiger partial charge in [0, 0.05) is 36.9 Å². The van der Waals surface area contributed by atoms with E-state index < -0.39 is 0 Å². The molecule has 2 N–H and O–H groups in total. The number of aryl methyl sites for hydroxylation is 2. The van der Waals surface area contributed by atoms with Crippen LogP contribution in [0.15, 0.2) is 47.1 Å². The van der Waals surface area contributed by atoms with Gasteiger partial charge in [-0.2, -0.15) is 5.10 Å². The fraction of sp³-hybridized carbons (Fsp3) is 0.333. The van der Waals surface area contributed by atoms with Crippen molar-refractivity contribution in [1.29, 1.82) is 0 Å². The lowest BCUT2D eigenvalue weighted by Crippen LogP contribution is -2.26. The number of anilines is 3. The standard InChI is InChI=1S/C24H30BrClN6O/c1-16-7-9-18(14-19(16)23-20(25)15-27-32(23)5)28-24(33)29-21-10-8-17(26)13-22(21)31(4)12-6-11-30(2)3/h7-10,13-15H,6,11-12H2,1-5H3,(H2,28,29,33). The van der Waals surface area contributed by atoms with Gasteiger partial charge in [0.1, 0.15) is 0 Å². The van der Waals surface area contributed by atoms with Gasteiger partial charge in [0.25, 0.3) is 0 Å². The van der Waals surface area contributed by atoms with Gasteiger partial charge in [-0.05, 0) is 85.8 Å². The SMILES string of the molecule is Cc1ccc(NC(=O)Nc2ccc(Cl)cc2N(C)CCCN(C)C)cc1-c1c(Br)cnn1C. The number of carbonyl (C=O) groups is 1. The molecule has 0 radical (unpaired) electrons. The van der Waals surface area contributed by atoms with Gasteiger partial charge in [-0.15, -0.1) is 0 Å². The molecule has 3 rings (SSSR count). The zero-order valence-electron chi connectivity index (χ0n) is 19.6. The summed E-state index contributed by atoms with van der Waals surface area (Å²) >= 11 is 9.80. The Hall–Kier alpha value is -2.55. The van der Waals surface area contributed by atoms with Gasteiger partial charge >= 0.3 is 6.03 Å². The second-order valence-corrected chi connectivity index (χ2v) is 9.60. The first-order valence-corrected chi connectivity index (χ1v) is 11.8. The van der Waals surface area contributed by atoms with Crippen molar-refractivity contribution < 1.29 is 4.79 Å².